The fourth-order valence-corrected chi connectivity index (χ4v) is 1.28. The van der Waals surface area contributed by atoms with Gasteiger partial charge in [-0.05, 0) is 24.6 Å². The van der Waals surface area contributed by atoms with E-state index in [2.05, 4.69) is 10.6 Å². The van der Waals surface area contributed by atoms with Crippen molar-refractivity contribution in [1.82, 2.24) is 5.32 Å². The zero-order valence-corrected chi connectivity index (χ0v) is 10.4. The molecule has 0 aliphatic carbocycles. The Balaban J connectivity index is 2.29. The van der Waals surface area contributed by atoms with Crippen LogP contribution in [0.5, 0.6) is 0 Å². The molecule has 0 unspecified atom stereocenters. The predicted octanol–water partition coefficient (Wildman–Crippen LogP) is 1.36. The molecule has 6 nitrogen and oxygen atoms in total. The smallest absolute Gasteiger partial charge is 0.329 e. The normalized spacial score (nSPS) is 10.0. The SMILES string of the molecule is Cc1ccc(NC(=O)NCCOCC(=O)O)c(F)c1. The average Bonchev–Trinajstić information content (AvgIpc) is 2.32. The van der Waals surface area contributed by atoms with Gasteiger partial charge in [0.2, 0.25) is 0 Å². The number of urea groups is 1. The minimum absolute atomic E-state index is 0.0656. The van der Waals surface area contributed by atoms with E-state index in [0.717, 1.165) is 5.56 Å². The van der Waals surface area contributed by atoms with E-state index in [1.165, 1.54) is 12.1 Å². The number of benzene rings is 1. The summed E-state index contributed by atoms with van der Waals surface area (Å²) in [6.07, 6.45) is 0. The maximum atomic E-state index is 13.4. The van der Waals surface area contributed by atoms with E-state index in [1.54, 1.807) is 13.0 Å². The van der Waals surface area contributed by atoms with Crippen molar-refractivity contribution in [3.63, 3.8) is 0 Å². The standard InChI is InChI=1S/C12H15FN2O4/c1-8-2-3-10(9(13)6-8)15-12(18)14-4-5-19-7-11(16)17/h2-3,6H,4-5,7H2,1H3,(H,16,17)(H2,14,15,18). The van der Waals surface area contributed by atoms with E-state index in [-0.39, 0.29) is 18.8 Å². The van der Waals surface area contributed by atoms with Crippen LogP contribution in [-0.2, 0) is 9.53 Å². The van der Waals surface area contributed by atoms with Crippen LogP contribution in [0.3, 0.4) is 0 Å². The topological polar surface area (TPSA) is 87.7 Å². The van der Waals surface area contributed by atoms with Crippen molar-refractivity contribution in [1.29, 1.82) is 0 Å². The Labute approximate surface area is 109 Å². The third kappa shape index (κ3) is 5.82. The molecule has 1 aromatic carbocycles. The maximum absolute atomic E-state index is 13.4. The summed E-state index contributed by atoms with van der Waals surface area (Å²) in [6.45, 7) is 1.52. The summed E-state index contributed by atoms with van der Waals surface area (Å²) in [7, 11) is 0. The first-order valence-corrected chi connectivity index (χ1v) is 5.59. The number of anilines is 1. The lowest BCUT2D eigenvalue weighted by Gasteiger charge is -2.08. The molecule has 0 aliphatic heterocycles. The third-order valence-electron chi connectivity index (χ3n) is 2.13. The number of amides is 2. The zero-order chi connectivity index (χ0) is 14.3. The molecule has 0 spiro atoms. The number of ether oxygens (including phenoxy) is 1. The highest BCUT2D eigenvalue weighted by atomic mass is 19.1. The van der Waals surface area contributed by atoms with E-state index in [4.69, 9.17) is 9.84 Å². The minimum atomic E-state index is -1.08. The number of aryl methyl sites for hydroxylation is 1. The first kappa shape index (κ1) is 14.9. The van der Waals surface area contributed by atoms with Crippen molar-refractivity contribution < 1.29 is 23.8 Å². The molecule has 19 heavy (non-hydrogen) atoms. The number of hydrogen-bond donors (Lipinski definition) is 3. The molecule has 0 radical (unpaired) electrons. The van der Waals surface area contributed by atoms with Crippen LogP contribution in [0.1, 0.15) is 5.56 Å². The van der Waals surface area contributed by atoms with Crippen molar-refractivity contribution in [2.75, 3.05) is 25.1 Å². The minimum Gasteiger partial charge on any atom is -0.480 e. The second-order valence-electron chi connectivity index (χ2n) is 3.81. The first-order valence-electron chi connectivity index (χ1n) is 5.59. The number of carboxylic acids is 1. The molecule has 7 heteroatoms. The van der Waals surface area contributed by atoms with Crippen LogP contribution in [0.4, 0.5) is 14.9 Å². The Hall–Kier alpha value is -2.15. The molecular weight excluding hydrogens is 255 g/mol. The van der Waals surface area contributed by atoms with Crippen molar-refractivity contribution in [3.8, 4) is 0 Å². The van der Waals surface area contributed by atoms with Gasteiger partial charge in [-0.25, -0.2) is 14.0 Å². The van der Waals surface area contributed by atoms with Gasteiger partial charge < -0.3 is 20.5 Å². The van der Waals surface area contributed by atoms with Gasteiger partial charge in [0.15, 0.2) is 0 Å². The fraction of sp³-hybridized carbons (Fsp3) is 0.333. The molecule has 104 valence electrons. The van der Waals surface area contributed by atoms with Gasteiger partial charge in [-0.15, -0.1) is 0 Å². The highest BCUT2D eigenvalue weighted by Gasteiger charge is 2.06. The van der Waals surface area contributed by atoms with Crippen LogP contribution in [-0.4, -0.2) is 36.9 Å². The Morgan fingerprint density at radius 2 is 2.16 bits per heavy atom. The second-order valence-corrected chi connectivity index (χ2v) is 3.81. The summed E-state index contributed by atoms with van der Waals surface area (Å²) in [4.78, 5) is 21.5. The van der Waals surface area contributed by atoms with E-state index < -0.39 is 24.4 Å². The average molecular weight is 270 g/mol. The number of hydrogen-bond acceptors (Lipinski definition) is 3. The molecule has 0 saturated carbocycles. The number of nitrogens with one attached hydrogen (secondary N) is 2. The number of rotatable bonds is 6. The molecule has 0 bridgehead atoms. The summed E-state index contributed by atoms with van der Waals surface area (Å²) in [5.41, 5.74) is 0.833. The summed E-state index contributed by atoms with van der Waals surface area (Å²) in [5.74, 6) is -1.59. The summed E-state index contributed by atoms with van der Waals surface area (Å²) < 4.78 is 18.1. The Morgan fingerprint density at radius 3 is 2.79 bits per heavy atom. The molecule has 1 rings (SSSR count). The molecule has 0 aromatic heterocycles. The summed E-state index contributed by atoms with van der Waals surface area (Å²) in [5, 5.41) is 13.1. The number of carboxylic acid groups (broad SMARTS) is 1. The van der Waals surface area contributed by atoms with Gasteiger partial charge in [0.1, 0.15) is 12.4 Å². The molecule has 0 atom stereocenters. The zero-order valence-electron chi connectivity index (χ0n) is 10.4. The highest BCUT2D eigenvalue weighted by molar-refractivity contribution is 5.89. The molecule has 0 fully saturated rings. The molecular formula is C12H15FN2O4. The maximum Gasteiger partial charge on any atom is 0.329 e. The first-order chi connectivity index (χ1) is 8.99. The van der Waals surface area contributed by atoms with Crippen LogP contribution in [0.25, 0.3) is 0 Å². The van der Waals surface area contributed by atoms with E-state index in [1.807, 2.05) is 0 Å². The van der Waals surface area contributed by atoms with Crippen molar-refractivity contribution in [2.45, 2.75) is 6.92 Å². The van der Waals surface area contributed by atoms with Crippen LogP contribution in [0.15, 0.2) is 18.2 Å². The molecule has 0 aliphatic rings. The van der Waals surface area contributed by atoms with Crippen LogP contribution in [0, 0.1) is 12.7 Å². The summed E-state index contributed by atoms with van der Waals surface area (Å²) >= 11 is 0. The van der Waals surface area contributed by atoms with Crippen molar-refractivity contribution >= 4 is 17.7 Å². The Morgan fingerprint density at radius 1 is 1.42 bits per heavy atom. The van der Waals surface area contributed by atoms with Crippen LogP contribution in [0.2, 0.25) is 0 Å². The predicted molar refractivity (Wildman–Crippen MR) is 66.6 cm³/mol. The van der Waals surface area contributed by atoms with Gasteiger partial charge in [0, 0.05) is 6.54 Å². The molecule has 3 N–H and O–H groups in total. The number of aliphatic carboxylic acids is 1. The van der Waals surface area contributed by atoms with Crippen molar-refractivity contribution in [3.05, 3.63) is 29.6 Å². The third-order valence-corrected chi connectivity index (χ3v) is 2.13. The van der Waals surface area contributed by atoms with E-state index in [9.17, 15) is 14.0 Å². The quantitative estimate of drug-likeness (QED) is 0.681. The molecule has 2 amide bonds. The van der Waals surface area contributed by atoms with Crippen LogP contribution >= 0.6 is 0 Å². The van der Waals surface area contributed by atoms with Gasteiger partial charge in [-0.3, -0.25) is 0 Å². The second kappa shape index (κ2) is 7.32. The van der Waals surface area contributed by atoms with Gasteiger partial charge >= 0.3 is 12.0 Å². The number of carbonyl (C=O) groups is 2. The highest BCUT2D eigenvalue weighted by Crippen LogP contribution is 2.14. The Kier molecular flexibility index (Phi) is 5.74. The lowest BCUT2D eigenvalue weighted by molar-refractivity contribution is -0.142. The van der Waals surface area contributed by atoms with Gasteiger partial charge in [0.25, 0.3) is 0 Å². The molecule has 1 aromatic rings. The fourth-order valence-electron chi connectivity index (χ4n) is 1.28. The number of carbonyl (C=O) groups excluding carboxylic acids is 1. The van der Waals surface area contributed by atoms with Gasteiger partial charge in [-0.2, -0.15) is 0 Å². The van der Waals surface area contributed by atoms with Crippen molar-refractivity contribution in [2.24, 2.45) is 0 Å². The molecule has 0 heterocycles. The van der Waals surface area contributed by atoms with Crippen LogP contribution < -0.4 is 10.6 Å². The van der Waals surface area contributed by atoms with Gasteiger partial charge in [-0.1, -0.05) is 6.07 Å². The largest absolute Gasteiger partial charge is 0.480 e. The number of halogens is 1. The lowest BCUT2D eigenvalue weighted by atomic mass is 10.2. The summed E-state index contributed by atoms with van der Waals surface area (Å²) in [6, 6.07) is 3.87. The Bertz CT molecular complexity index is 465. The van der Waals surface area contributed by atoms with E-state index >= 15 is 0 Å². The van der Waals surface area contributed by atoms with Gasteiger partial charge in [0.05, 0.1) is 12.3 Å². The van der Waals surface area contributed by atoms with E-state index in [0.29, 0.717) is 0 Å². The molecule has 0 saturated heterocycles. The lowest BCUT2D eigenvalue weighted by Crippen LogP contribution is -2.32. The monoisotopic (exact) mass is 270 g/mol.